The molecule has 2 heteroatoms. The van der Waals surface area contributed by atoms with Crippen molar-refractivity contribution < 1.29 is 15.8 Å². The van der Waals surface area contributed by atoms with E-state index in [-0.39, 0.29) is 0 Å². The summed E-state index contributed by atoms with van der Waals surface area (Å²) < 4.78 is 4.10. The second-order valence-electron chi connectivity index (χ2n) is 4.12. The molecule has 0 bridgehead atoms. The normalized spacial score (nSPS) is 10.5. The molecule has 0 radical (unpaired) electrons. The standard InChI is InChI=1S/C16H11N.Fe/c17-16-11-4-3-9-15(16)14-10-5-7-12-6-1-2-8-13(12)14;/h1-11H;. The Labute approximate surface area is 114 Å². The Kier molecular flexibility index (Phi) is 3.06. The molecule has 0 atom stereocenters. The summed E-state index contributed by atoms with van der Waals surface area (Å²) in [6.07, 6.45) is 0. The summed E-state index contributed by atoms with van der Waals surface area (Å²) in [4.78, 5) is 0. The number of benzene rings is 3. The minimum absolute atomic E-state index is 0.925. The second-order valence-corrected chi connectivity index (χ2v) is 4.37. The monoisotopic (exact) mass is 273 g/mol. The zero-order chi connectivity index (χ0) is 12.4. The quantitative estimate of drug-likeness (QED) is 0.591. The fourth-order valence-corrected chi connectivity index (χ4v) is 2.45. The van der Waals surface area contributed by atoms with E-state index in [0.29, 0.717) is 0 Å². The summed E-state index contributed by atoms with van der Waals surface area (Å²) >= 11 is 3.65. The van der Waals surface area contributed by atoms with Gasteiger partial charge >= 0.3 is 114 Å². The molecule has 0 saturated carbocycles. The van der Waals surface area contributed by atoms with Crippen LogP contribution in [0.3, 0.4) is 0 Å². The molecule has 0 saturated heterocycles. The summed E-state index contributed by atoms with van der Waals surface area (Å²) in [7, 11) is 0. The summed E-state index contributed by atoms with van der Waals surface area (Å²) in [6, 6.07) is 22.8. The first-order chi connectivity index (χ1) is 8.90. The predicted octanol–water partition coefficient (Wildman–Crippen LogP) is 4.87. The van der Waals surface area contributed by atoms with E-state index in [1.165, 1.54) is 16.3 Å². The topological polar surface area (TPSA) is 12.4 Å². The van der Waals surface area contributed by atoms with E-state index in [0.717, 1.165) is 11.3 Å². The maximum atomic E-state index is 4.10. The Morgan fingerprint density at radius 2 is 1.33 bits per heavy atom. The van der Waals surface area contributed by atoms with Gasteiger partial charge in [-0.1, -0.05) is 0 Å². The van der Waals surface area contributed by atoms with Crippen LogP contribution in [0.25, 0.3) is 21.9 Å². The molecule has 0 aliphatic rings. The molecule has 0 spiro atoms. The van der Waals surface area contributed by atoms with Crippen molar-refractivity contribution in [3.05, 3.63) is 66.7 Å². The third kappa shape index (κ3) is 1.90. The molecule has 0 N–H and O–H groups in total. The van der Waals surface area contributed by atoms with E-state index >= 15 is 0 Å². The van der Waals surface area contributed by atoms with Gasteiger partial charge in [-0.15, -0.1) is 0 Å². The molecule has 0 unspecified atom stereocenters. The van der Waals surface area contributed by atoms with E-state index < -0.39 is 0 Å². The van der Waals surface area contributed by atoms with Crippen LogP contribution in [0.5, 0.6) is 0 Å². The minimum atomic E-state index is 0.925. The van der Waals surface area contributed by atoms with Gasteiger partial charge in [0, 0.05) is 0 Å². The van der Waals surface area contributed by atoms with Crippen LogP contribution < -0.4 is 0 Å². The first-order valence-corrected chi connectivity index (χ1v) is 6.27. The van der Waals surface area contributed by atoms with E-state index in [2.05, 4.69) is 68.3 Å². The maximum absolute atomic E-state index is 4.10. The average molecular weight is 273 g/mol. The third-order valence-electron chi connectivity index (χ3n) is 3.07. The Hall–Kier alpha value is -1.76. The van der Waals surface area contributed by atoms with Gasteiger partial charge in [0.2, 0.25) is 0 Å². The first kappa shape index (κ1) is 11.3. The number of rotatable bonds is 2. The Morgan fingerprint density at radius 3 is 2.22 bits per heavy atom. The van der Waals surface area contributed by atoms with Crippen LogP contribution >= 0.6 is 0 Å². The van der Waals surface area contributed by atoms with Crippen molar-refractivity contribution >= 4 is 16.5 Å². The average Bonchev–Trinajstić information content (AvgIpc) is 2.46. The van der Waals surface area contributed by atoms with Gasteiger partial charge in [-0.05, 0) is 0 Å². The van der Waals surface area contributed by atoms with Crippen LogP contribution in [-0.4, -0.2) is 0 Å². The van der Waals surface area contributed by atoms with Crippen molar-refractivity contribution in [1.29, 1.82) is 0 Å². The molecule has 0 aliphatic carbocycles. The van der Waals surface area contributed by atoms with Gasteiger partial charge in [0.15, 0.2) is 0 Å². The van der Waals surface area contributed by atoms with Gasteiger partial charge in [0.05, 0.1) is 0 Å². The molecule has 3 rings (SSSR count). The Bertz CT molecular complexity index is 714. The van der Waals surface area contributed by atoms with Crippen molar-refractivity contribution in [1.82, 2.24) is 0 Å². The van der Waals surface area contributed by atoms with E-state index in [1.807, 2.05) is 18.2 Å². The molecule has 0 amide bonds. The van der Waals surface area contributed by atoms with Gasteiger partial charge < -0.3 is 0 Å². The summed E-state index contributed by atoms with van der Waals surface area (Å²) in [5.74, 6) is 0. The van der Waals surface area contributed by atoms with Crippen molar-refractivity contribution in [3.8, 4) is 11.1 Å². The summed E-state index contributed by atoms with van der Waals surface area (Å²) in [6.45, 7) is 0. The fraction of sp³-hybridized carbons (Fsp3) is 0. The van der Waals surface area contributed by atoms with Crippen LogP contribution in [0.15, 0.2) is 70.7 Å². The molecule has 0 aromatic heterocycles. The number of hydrogen-bond donors (Lipinski definition) is 0. The molecule has 3 aromatic carbocycles. The van der Waals surface area contributed by atoms with Crippen LogP contribution in [0, 0.1) is 0 Å². The van der Waals surface area contributed by atoms with Gasteiger partial charge in [0.1, 0.15) is 0 Å². The molecular formula is C16H11FeN. The molecular weight excluding hydrogens is 262 g/mol. The Morgan fingerprint density at radius 1 is 0.667 bits per heavy atom. The zero-order valence-corrected chi connectivity index (χ0v) is 10.8. The molecule has 88 valence electrons. The first-order valence-electron chi connectivity index (χ1n) is 5.78. The van der Waals surface area contributed by atoms with Gasteiger partial charge in [-0.2, -0.15) is 0 Å². The summed E-state index contributed by atoms with van der Waals surface area (Å²) in [5, 5.41) is 2.49. The molecule has 0 heterocycles. The van der Waals surface area contributed by atoms with E-state index in [4.69, 9.17) is 0 Å². The zero-order valence-electron chi connectivity index (χ0n) is 9.65. The number of fused-ring (bicyclic) bond motifs is 1. The summed E-state index contributed by atoms with van der Waals surface area (Å²) in [5.41, 5.74) is 3.26. The SMILES string of the molecule is [Fe]=[N]c1ccccc1-c1cccc2ccccc12. The van der Waals surface area contributed by atoms with E-state index in [9.17, 15) is 0 Å². The van der Waals surface area contributed by atoms with Gasteiger partial charge in [0.25, 0.3) is 0 Å². The third-order valence-corrected chi connectivity index (χ3v) is 3.34. The molecule has 0 aliphatic heterocycles. The van der Waals surface area contributed by atoms with Crippen molar-refractivity contribution in [2.24, 2.45) is 3.96 Å². The Balaban J connectivity index is 2.35. The van der Waals surface area contributed by atoms with Crippen molar-refractivity contribution in [2.75, 3.05) is 0 Å². The van der Waals surface area contributed by atoms with Crippen LogP contribution in [0.1, 0.15) is 0 Å². The van der Waals surface area contributed by atoms with Crippen molar-refractivity contribution in [2.45, 2.75) is 0 Å². The second kappa shape index (κ2) is 4.85. The number of nitrogens with zero attached hydrogens (tertiary/aromatic N) is 1. The van der Waals surface area contributed by atoms with Crippen LogP contribution in [0.4, 0.5) is 5.69 Å². The molecule has 3 aromatic rings. The van der Waals surface area contributed by atoms with Gasteiger partial charge in [-0.3, -0.25) is 0 Å². The fourth-order valence-electron chi connectivity index (χ4n) is 2.23. The predicted molar refractivity (Wildman–Crippen MR) is 71.5 cm³/mol. The molecule has 0 fully saturated rings. The number of hydrogen-bond acceptors (Lipinski definition) is 1. The molecule has 18 heavy (non-hydrogen) atoms. The van der Waals surface area contributed by atoms with Crippen molar-refractivity contribution in [3.63, 3.8) is 0 Å². The van der Waals surface area contributed by atoms with Crippen LogP contribution in [-0.2, 0) is 15.8 Å². The van der Waals surface area contributed by atoms with Crippen LogP contribution in [0.2, 0.25) is 0 Å². The molecule has 1 nitrogen and oxygen atoms in total. The van der Waals surface area contributed by atoms with E-state index in [1.54, 1.807) is 0 Å². The van der Waals surface area contributed by atoms with Gasteiger partial charge in [-0.25, -0.2) is 0 Å².